The minimum atomic E-state index is 0.885. The average molecular weight is 270 g/mol. The summed E-state index contributed by atoms with van der Waals surface area (Å²) in [6.45, 7) is 2.96. The van der Waals surface area contributed by atoms with Gasteiger partial charge in [0.2, 0.25) is 0 Å². The number of nitrogens with zero attached hydrogens (tertiary/aromatic N) is 3. The monoisotopic (exact) mass is 270 g/mol. The fourth-order valence-corrected chi connectivity index (χ4v) is 2.52. The predicted molar refractivity (Wildman–Crippen MR) is 79.1 cm³/mol. The van der Waals surface area contributed by atoms with Crippen LogP contribution < -0.4 is 4.72 Å². The molecule has 4 nitrogen and oxygen atoms in total. The third-order valence-electron chi connectivity index (χ3n) is 2.84. The van der Waals surface area contributed by atoms with Crippen molar-refractivity contribution in [3.05, 3.63) is 48.8 Å². The van der Waals surface area contributed by atoms with Crippen molar-refractivity contribution in [3.63, 3.8) is 0 Å². The van der Waals surface area contributed by atoms with Crippen molar-refractivity contribution in [1.29, 1.82) is 0 Å². The van der Waals surface area contributed by atoms with Crippen LogP contribution in [0.25, 0.3) is 10.9 Å². The lowest BCUT2D eigenvalue weighted by Gasteiger charge is -2.06. The third kappa shape index (κ3) is 2.56. The number of rotatable bonds is 4. The molecule has 0 unspecified atom stereocenters. The first-order valence-corrected chi connectivity index (χ1v) is 6.98. The molecule has 19 heavy (non-hydrogen) atoms. The zero-order valence-electron chi connectivity index (χ0n) is 10.6. The Morgan fingerprint density at radius 2 is 2.11 bits per heavy atom. The van der Waals surface area contributed by atoms with E-state index in [1.165, 1.54) is 11.9 Å². The number of nitrogens with one attached hydrogen (secondary N) is 1. The highest BCUT2D eigenvalue weighted by Gasteiger charge is 2.03. The Hall–Kier alpha value is -2.01. The Labute approximate surface area is 116 Å². The third-order valence-corrected chi connectivity index (χ3v) is 3.59. The molecule has 0 aliphatic carbocycles. The van der Waals surface area contributed by atoms with Gasteiger partial charge in [-0.25, -0.2) is 0 Å². The highest BCUT2D eigenvalue weighted by atomic mass is 32.2. The topological polar surface area (TPSA) is 42.7 Å². The van der Waals surface area contributed by atoms with Crippen LogP contribution in [0.15, 0.2) is 53.8 Å². The van der Waals surface area contributed by atoms with E-state index in [0.29, 0.717) is 0 Å². The van der Waals surface area contributed by atoms with Gasteiger partial charge in [-0.2, -0.15) is 5.10 Å². The first kappa shape index (κ1) is 12.0. The van der Waals surface area contributed by atoms with Gasteiger partial charge in [-0.15, -0.1) is 0 Å². The Kier molecular flexibility index (Phi) is 3.37. The molecular formula is C14H14N4S. The molecule has 0 saturated heterocycles. The molecule has 3 aromatic rings. The standard InChI is InChI=1S/C14H14N4S/c1-2-18-10-8-13(16-18)19-17-12-7-3-5-11-6-4-9-15-14(11)12/h3-10,17H,2H2,1H3. The summed E-state index contributed by atoms with van der Waals surface area (Å²) in [6.07, 6.45) is 3.79. The van der Waals surface area contributed by atoms with Crippen molar-refractivity contribution < 1.29 is 0 Å². The lowest BCUT2D eigenvalue weighted by molar-refractivity contribution is 0.641. The number of hydrogen-bond donors (Lipinski definition) is 1. The molecule has 1 N–H and O–H groups in total. The number of para-hydroxylation sites is 1. The lowest BCUT2D eigenvalue weighted by atomic mass is 10.2. The fourth-order valence-electron chi connectivity index (χ4n) is 1.87. The molecule has 2 aromatic heterocycles. The number of anilines is 1. The first-order chi connectivity index (χ1) is 9.36. The molecule has 0 aliphatic heterocycles. The molecule has 1 aromatic carbocycles. The minimum Gasteiger partial charge on any atom is -0.322 e. The highest BCUT2D eigenvalue weighted by Crippen LogP contribution is 2.25. The number of pyridine rings is 1. The molecule has 3 rings (SSSR count). The van der Waals surface area contributed by atoms with Gasteiger partial charge in [-0.05, 0) is 25.1 Å². The minimum absolute atomic E-state index is 0.885. The summed E-state index contributed by atoms with van der Waals surface area (Å²) in [5.74, 6) is 0. The molecule has 2 heterocycles. The quantitative estimate of drug-likeness (QED) is 0.736. The molecule has 0 radical (unpaired) electrons. The van der Waals surface area contributed by atoms with Crippen LogP contribution >= 0.6 is 11.9 Å². The largest absolute Gasteiger partial charge is 0.322 e. The second-order valence-corrected chi connectivity index (χ2v) is 4.92. The SMILES string of the molecule is CCn1ccc(SNc2cccc3cccnc23)n1. The summed E-state index contributed by atoms with van der Waals surface area (Å²) < 4.78 is 5.23. The lowest BCUT2D eigenvalue weighted by Crippen LogP contribution is -1.95. The first-order valence-electron chi connectivity index (χ1n) is 6.17. The van der Waals surface area contributed by atoms with Crippen LogP contribution in [0.1, 0.15) is 6.92 Å². The van der Waals surface area contributed by atoms with Gasteiger partial charge < -0.3 is 4.72 Å². The summed E-state index contributed by atoms with van der Waals surface area (Å²) in [4.78, 5) is 4.41. The Morgan fingerprint density at radius 1 is 1.21 bits per heavy atom. The van der Waals surface area contributed by atoms with E-state index in [9.17, 15) is 0 Å². The zero-order chi connectivity index (χ0) is 13.1. The van der Waals surface area contributed by atoms with Crippen LogP contribution in [-0.4, -0.2) is 14.8 Å². The van der Waals surface area contributed by atoms with Gasteiger partial charge >= 0.3 is 0 Å². The maximum Gasteiger partial charge on any atom is 0.139 e. The van der Waals surface area contributed by atoms with Crippen LogP contribution in [0.2, 0.25) is 0 Å². The van der Waals surface area contributed by atoms with Crippen molar-refractivity contribution in [2.75, 3.05) is 4.72 Å². The van der Waals surface area contributed by atoms with Crippen molar-refractivity contribution >= 4 is 28.5 Å². The van der Waals surface area contributed by atoms with E-state index in [-0.39, 0.29) is 0 Å². The summed E-state index contributed by atoms with van der Waals surface area (Å²) >= 11 is 1.50. The number of benzene rings is 1. The van der Waals surface area contributed by atoms with Crippen molar-refractivity contribution in [1.82, 2.24) is 14.8 Å². The van der Waals surface area contributed by atoms with Crippen molar-refractivity contribution in [2.24, 2.45) is 0 Å². The molecular weight excluding hydrogens is 256 g/mol. The van der Waals surface area contributed by atoms with Crippen LogP contribution in [0.4, 0.5) is 5.69 Å². The summed E-state index contributed by atoms with van der Waals surface area (Å²) in [5, 5.41) is 6.51. The van der Waals surface area contributed by atoms with E-state index in [0.717, 1.165) is 28.2 Å². The number of aryl methyl sites for hydroxylation is 1. The van der Waals surface area contributed by atoms with Crippen LogP contribution in [0.5, 0.6) is 0 Å². The van der Waals surface area contributed by atoms with Crippen LogP contribution in [0.3, 0.4) is 0 Å². The van der Waals surface area contributed by atoms with Crippen molar-refractivity contribution in [3.8, 4) is 0 Å². The van der Waals surface area contributed by atoms with Crippen molar-refractivity contribution in [2.45, 2.75) is 18.5 Å². The summed E-state index contributed by atoms with van der Waals surface area (Å²) in [5.41, 5.74) is 1.99. The Morgan fingerprint density at radius 3 is 2.95 bits per heavy atom. The van der Waals surface area contributed by atoms with Gasteiger partial charge in [0.15, 0.2) is 0 Å². The smallest absolute Gasteiger partial charge is 0.139 e. The molecule has 0 atom stereocenters. The van der Waals surface area contributed by atoms with E-state index < -0.39 is 0 Å². The summed E-state index contributed by atoms with van der Waals surface area (Å²) in [6, 6.07) is 12.1. The van der Waals surface area contributed by atoms with Gasteiger partial charge in [0.05, 0.1) is 11.2 Å². The van der Waals surface area contributed by atoms with Gasteiger partial charge in [0, 0.05) is 36.3 Å². The number of fused-ring (bicyclic) bond motifs is 1. The van der Waals surface area contributed by atoms with Crippen LogP contribution in [-0.2, 0) is 6.54 Å². The van der Waals surface area contributed by atoms with E-state index in [1.807, 2.05) is 41.3 Å². The maximum absolute atomic E-state index is 4.42. The zero-order valence-corrected chi connectivity index (χ0v) is 11.4. The number of hydrogen-bond acceptors (Lipinski definition) is 4. The molecule has 0 saturated carbocycles. The molecule has 5 heteroatoms. The molecule has 96 valence electrons. The second-order valence-electron chi connectivity index (χ2n) is 4.09. The van der Waals surface area contributed by atoms with Gasteiger partial charge in [0.25, 0.3) is 0 Å². The highest BCUT2D eigenvalue weighted by molar-refractivity contribution is 8.00. The number of aromatic nitrogens is 3. The molecule has 0 spiro atoms. The Bertz CT molecular complexity index is 687. The average Bonchev–Trinajstić information content (AvgIpc) is 2.93. The van der Waals surface area contributed by atoms with E-state index in [2.05, 4.69) is 33.9 Å². The molecule has 0 bridgehead atoms. The maximum atomic E-state index is 4.42. The fraction of sp³-hybridized carbons (Fsp3) is 0.143. The second kappa shape index (κ2) is 5.32. The Balaban J connectivity index is 1.81. The van der Waals surface area contributed by atoms with E-state index in [4.69, 9.17) is 0 Å². The molecule has 0 aliphatic rings. The van der Waals surface area contributed by atoms with Gasteiger partial charge in [-0.1, -0.05) is 18.2 Å². The molecule has 0 fully saturated rings. The van der Waals surface area contributed by atoms with E-state index in [1.54, 1.807) is 0 Å². The van der Waals surface area contributed by atoms with Crippen LogP contribution in [0, 0.1) is 0 Å². The van der Waals surface area contributed by atoms with Gasteiger partial charge in [0.1, 0.15) is 5.03 Å². The summed E-state index contributed by atoms with van der Waals surface area (Å²) in [7, 11) is 0. The van der Waals surface area contributed by atoms with E-state index >= 15 is 0 Å². The predicted octanol–water partition coefficient (Wildman–Crippen LogP) is 3.57. The normalized spacial score (nSPS) is 10.8. The van der Waals surface area contributed by atoms with Gasteiger partial charge in [-0.3, -0.25) is 9.67 Å². The molecule has 0 amide bonds.